The number of likely N-dealkylation sites (tertiary alicyclic amines) is 1. The molecule has 0 aromatic heterocycles. The maximum absolute atomic E-state index is 12.5. The number of methoxy groups -OCH3 is 1. The maximum atomic E-state index is 12.5. The standard InChI is InChI=1S/C23H28N2O4/c1-16-7-6-10-20(17(16)2)29-15-22(26)25-13-11-18(12-14-25)24-23(27)19-8-4-5-9-21(19)28-3/h4-10,18H,11-15H2,1-3H3,(H,24,27). The summed E-state index contributed by atoms with van der Waals surface area (Å²) in [5, 5.41) is 3.05. The lowest BCUT2D eigenvalue weighted by Gasteiger charge is -2.32. The molecule has 0 radical (unpaired) electrons. The predicted molar refractivity (Wildman–Crippen MR) is 111 cm³/mol. The summed E-state index contributed by atoms with van der Waals surface area (Å²) in [5.74, 6) is 1.13. The molecule has 1 saturated heterocycles. The van der Waals surface area contributed by atoms with Gasteiger partial charge in [0.2, 0.25) is 0 Å². The van der Waals surface area contributed by atoms with Crippen LogP contribution in [0.25, 0.3) is 0 Å². The third-order valence-electron chi connectivity index (χ3n) is 5.44. The van der Waals surface area contributed by atoms with E-state index in [-0.39, 0.29) is 24.5 Å². The van der Waals surface area contributed by atoms with E-state index >= 15 is 0 Å². The molecule has 1 N–H and O–H groups in total. The van der Waals surface area contributed by atoms with Gasteiger partial charge in [0.25, 0.3) is 11.8 Å². The van der Waals surface area contributed by atoms with Crippen LogP contribution in [0.15, 0.2) is 42.5 Å². The van der Waals surface area contributed by atoms with Crippen LogP contribution in [-0.2, 0) is 4.79 Å². The molecular formula is C23H28N2O4. The highest BCUT2D eigenvalue weighted by Crippen LogP contribution is 2.21. The molecule has 1 aliphatic heterocycles. The summed E-state index contributed by atoms with van der Waals surface area (Å²) in [5.41, 5.74) is 2.72. The number of benzene rings is 2. The van der Waals surface area contributed by atoms with Gasteiger partial charge < -0.3 is 19.7 Å². The lowest BCUT2D eigenvalue weighted by Crippen LogP contribution is -2.47. The van der Waals surface area contributed by atoms with Crippen molar-refractivity contribution in [2.45, 2.75) is 32.7 Å². The highest BCUT2D eigenvalue weighted by atomic mass is 16.5. The van der Waals surface area contributed by atoms with Crippen LogP contribution in [-0.4, -0.2) is 49.6 Å². The molecule has 3 rings (SSSR count). The van der Waals surface area contributed by atoms with Gasteiger partial charge in [-0.05, 0) is 56.0 Å². The average Bonchev–Trinajstić information content (AvgIpc) is 2.75. The van der Waals surface area contributed by atoms with Crippen LogP contribution >= 0.6 is 0 Å². The second-order valence-electron chi connectivity index (χ2n) is 7.32. The van der Waals surface area contributed by atoms with Gasteiger partial charge >= 0.3 is 0 Å². The molecule has 1 heterocycles. The van der Waals surface area contributed by atoms with Gasteiger partial charge in [-0.25, -0.2) is 0 Å². The zero-order chi connectivity index (χ0) is 20.8. The third kappa shape index (κ3) is 5.08. The normalized spacial score (nSPS) is 14.4. The Balaban J connectivity index is 1.48. The number of nitrogens with one attached hydrogen (secondary N) is 1. The summed E-state index contributed by atoms with van der Waals surface area (Å²) in [6, 6.07) is 13.0. The van der Waals surface area contributed by atoms with Crippen molar-refractivity contribution in [1.82, 2.24) is 10.2 Å². The molecule has 6 nitrogen and oxygen atoms in total. The Bertz CT molecular complexity index is 873. The van der Waals surface area contributed by atoms with E-state index in [9.17, 15) is 9.59 Å². The number of hydrogen-bond acceptors (Lipinski definition) is 4. The molecule has 6 heteroatoms. The van der Waals surface area contributed by atoms with E-state index in [1.54, 1.807) is 24.1 Å². The Labute approximate surface area is 171 Å². The molecule has 154 valence electrons. The number of piperidine rings is 1. The first-order chi connectivity index (χ1) is 14.0. The number of carbonyl (C=O) groups is 2. The van der Waals surface area contributed by atoms with Crippen molar-refractivity contribution in [3.05, 3.63) is 59.2 Å². The van der Waals surface area contributed by atoms with Crippen LogP contribution in [0.5, 0.6) is 11.5 Å². The Kier molecular flexibility index (Phi) is 6.75. The molecule has 1 fully saturated rings. The quantitative estimate of drug-likeness (QED) is 0.815. The molecule has 2 aromatic rings. The number of carbonyl (C=O) groups excluding carboxylic acids is 2. The maximum Gasteiger partial charge on any atom is 0.260 e. The first-order valence-corrected chi connectivity index (χ1v) is 9.90. The predicted octanol–water partition coefficient (Wildman–Crippen LogP) is 3.11. The molecule has 0 unspecified atom stereocenters. The summed E-state index contributed by atoms with van der Waals surface area (Å²) in [6.45, 7) is 5.25. The fourth-order valence-electron chi connectivity index (χ4n) is 3.48. The van der Waals surface area contributed by atoms with Crippen molar-refractivity contribution < 1.29 is 19.1 Å². The molecule has 0 saturated carbocycles. The van der Waals surface area contributed by atoms with Crippen molar-refractivity contribution in [2.24, 2.45) is 0 Å². The average molecular weight is 396 g/mol. The Morgan fingerprint density at radius 2 is 1.72 bits per heavy atom. The van der Waals surface area contributed by atoms with Gasteiger partial charge in [0, 0.05) is 19.1 Å². The molecular weight excluding hydrogens is 368 g/mol. The molecule has 0 aliphatic carbocycles. The summed E-state index contributed by atoms with van der Waals surface area (Å²) in [7, 11) is 1.55. The van der Waals surface area contributed by atoms with Crippen LogP contribution in [0.1, 0.15) is 34.3 Å². The minimum Gasteiger partial charge on any atom is -0.496 e. The van der Waals surface area contributed by atoms with Crippen LogP contribution in [0.4, 0.5) is 0 Å². The van der Waals surface area contributed by atoms with Crippen molar-refractivity contribution in [3.63, 3.8) is 0 Å². The Hall–Kier alpha value is -3.02. The third-order valence-corrected chi connectivity index (χ3v) is 5.44. The fraction of sp³-hybridized carbons (Fsp3) is 0.391. The van der Waals surface area contributed by atoms with Gasteiger partial charge in [-0.1, -0.05) is 24.3 Å². The van der Waals surface area contributed by atoms with Crippen LogP contribution < -0.4 is 14.8 Å². The van der Waals surface area contributed by atoms with Crippen molar-refractivity contribution >= 4 is 11.8 Å². The fourth-order valence-corrected chi connectivity index (χ4v) is 3.48. The zero-order valence-corrected chi connectivity index (χ0v) is 17.2. The number of nitrogens with zero attached hydrogens (tertiary/aromatic N) is 1. The van der Waals surface area contributed by atoms with Gasteiger partial charge in [-0.2, -0.15) is 0 Å². The van der Waals surface area contributed by atoms with Crippen LogP contribution in [0.3, 0.4) is 0 Å². The summed E-state index contributed by atoms with van der Waals surface area (Å²) in [4.78, 5) is 26.8. The number of amides is 2. The lowest BCUT2D eigenvalue weighted by molar-refractivity contribution is -0.134. The molecule has 29 heavy (non-hydrogen) atoms. The number of aryl methyl sites for hydroxylation is 1. The van der Waals surface area contributed by atoms with Gasteiger partial charge in [0.1, 0.15) is 11.5 Å². The van der Waals surface area contributed by atoms with E-state index in [0.29, 0.717) is 24.4 Å². The van der Waals surface area contributed by atoms with E-state index in [1.165, 1.54) is 0 Å². The first kappa shape index (κ1) is 20.7. The number of ether oxygens (including phenoxy) is 2. The number of rotatable bonds is 6. The van der Waals surface area contributed by atoms with Gasteiger partial charge in [0.05, 0.1) is 12.7 Å². The summed E-state index contributed by atoms with van der Waals surface area (Å²) < 4.78 is 11.0. The van der Waals surface area contributed by atoms with Crippen LogP contribution in [0.2, 0.25) is 0 Å². The Morgan fingerprint density at radius 3 is 2.45 bits per heavy atom. The van der Waals surface area contributed by atoms with Gasteiger partial charge in [0.15, 0.2) is 6.61 Å². The first-order valence-electron chi connectivity index (χ1n) is 9.90. The van der Waals surface area contributed by atoms with Gasteiger partial charge in [-0.15, -0.1) is 0 Å². The van der Waals surface area contributed by atoms with E-state index in [4.69, 9.17) is 9.47 Å². The molecule has 2 aromatic carbocycles. The SMILES string of the molecule is COc1ccccc1C(=O)NC1CCN(C(=O)COc2cccc(C)c2C)CC1. The van der Waals surface area contributed by atoms with E-state index in [0.717, 1.165) is 29.7 Å². The summed E-state index contributed by atoms with van der Waals surface area (Å²) in [6.07, 6.45) is 1.44. The molecule has 0 spiro atoms. The van der Waals surface area contributed by atoms with Crippen molar-refractivity contribution in [1.29, 1.82) is 0 Å². The molecule has 0 bridgehead atoms. The van der Waals surface area contributed by atoms with E-state index in [1.807, 2.05) is 44.2 Å². The monoisotopic (exact) mass is 396 g/mol. The van der Waals surface area contributed by atoms with Gasteiger partial charge in [-0.3, -0.25) is 9.59 Å². The molecule has 2 amide bonds. The van der Waals surface area contributed by atoms with Crippen LogP contribution in [0, 0.1) is 13.8 Å². The van der Waals surface area contributed by atoms with Crippen molar-refractivity contribution in [3.8, 4) is 11.5 Å². The smallest absolute Gasteiger partial charge is 0.260 e. The largest absolute Gasteiger partial charge is 0.496 e. The lowest BCUT2D eigenvalue weighted by atomic mass is 10.0. The molecule has 1 aliphatic rings. The minimum absolute atomic E-state index is 0.0274. The number of para-hydroxylation sites is 1. The Morgan fingerprint density at radius 1 is 1.03 bits per heavy atom. The topological polar surface area (TPSA) is 67.9 Å². The van der Waals surface area contributed by atoms with E-state index in [2.05, 4.69) is 5.32 Å². The highest BCUT2D eigenvalue weighted by Gasteiger charge is 2.25. The van der Waals surface area contributed by atoms with E-state index < -0.39 is 0 Å². The second kappa shape index (κ2) is 9.45. The minimum atomic E-state index is -0.148. The molecule has 0 atom stereocenters. The second-order valence-corrected chi connectivity index (χ2v) is 7.32. The zero-order valence-electron chi connectivity index (χ0n) is 17.2. The van der Waals surface area contributed by atoms with Crippen molar-refractivity contribution in [2.75, 3.05) is 26.8 Å². The summed E-state index contributed by atoms with van der Waals surface area (Å²) >= 11 is 0. The highest BCUT2D eigenvalue weighted by molar-refractivity contribution is 5.97. The number of hydrogen-bond donors (Lipinski definition) is 1.